The van der Waals surface area contributed by atoms with Crippen molar-refractivity contribution in [3.05, 3.63) is 18.6 Å². The first-order valence-electron chi connectivity index (χ1n) is 10.1. The lowest BCUT2D eigenvalue weighted by Crippen LogP contribution is -2.43. The molecule has 1 N–H and O–H groups in total. The van der Waals surface area contributed by atoms with Gasteiger partial charge in [-0.2, -0.15) is 5.10 Å². The average molecular weight is 431 g/mol. The third kappa shape index (κ3) is 4.10. The zero-order valence-corrected chi connectivity index (χ0v) is 18.2. The van der Waals surface area contributed by atoms with Crippen LogP contribution in [0.25, 0.3) is 21.3 Å². The number of hydrogen-bond donors (Lipinski definition) is 1. The van der Waals surface area contributed by atoms with Crippen LogP contribution in [0.1, 0.15) is 26.2 Å². The fraction of sp³-hybridized carbons (Fsp3) is 0.500. The first-order chi connectivity index (χ1) is 14.6. The minimum atomic E-state index is -0.140. The Kier molecular flexibility index (Phi) is 6.14. The molecule has 1 aliphatic rings. The van der Waals surface area contributed by atoms with Crippen LogP contribution in [0, 0.1) is 0 Å². The maximum atomic E-state index is 13.0. The van der Waals surface area contributed by atoms with Crippen LogP contribution in [-0.2, 0) is 11.8 Å². The summed E-state index contributed by atoms with van der Waals surface area (Å²) >= 11 is 1.41. The molecule has 0 radical (unpaired) electrons. The van der Waals surface area contributed by atoms with E-state index >= 15 is 0 Å². The summed E-state index contributed by atoms with van der Waals surface area (Å²) in [7, 11) is 3.43. The number of amides is 2. The number of hydrogen-bond acceptors (Lipinski definition) is 7. The first-order valence-corrected chi connectivity index (χ1v) is 10.9. The van der Waals surface area contributed by atoms with Gasteiger partial charge in [-0.05, 0) is 26.2 Å². The number of anilines is 1. The summed E-state index contributed by atoms with van der Waals surface area (Å²) < 4.78 is 13.6. The second kappa shape index (κ2) is 8.97. The molecule has 160 valence electrons. The molecular weight excluding hydrogens is 404 g/mol. The van der Waals surface area contributed by atoms with E-state index in [4.69, 9.17) is 9.47 Å². The molecule has 1 saturated heterocycles. The molecular formula is C20H26N6O3S. The number of aromatic nitrogens is 4. The van der Waals surface area contributed by atoms with E-state index in [0.717, 1.165) is 41.7 Å². The normalized spacial score (nSPS) is 17.0. The predicted octanol–water partition coefficient (Wildman–Crippen LogP) is 3.52. The second-order valence-corrected chi connectivity index (χ2v) is 8.19. The summed E-state index contributed by atoms with van der Waals surface area (Å²) in [5.41, 5.74) is 2.48. The molecule has 9 nitrogen and oxygen atoms in total. The number of methoxy groups -OCH3 is 1. The van der Waals surface area contributed by atoms with Gasteiger partial charge in [-0.3, -0.25) is 10.00 Å². The Bertz CT molecular complexity index is 1020. The Hall–Kier alpha value is -2.72. The van der Waals surface area contributed by atoms with Gasteiger partial charge in [0.05, 0.1) is 18.0 Å². The summed E-state index contributed by atoms with van der Waals surface area (Å²) in [6.45, 7) is 4.08. The number of carbonyl (C=O) groups is 1. The van der Waals surface area contributed by atoms with E-state index in [1.165, 1.54) is 11.3 Å². The summed E-state index contributed by atoms with van der Waals surface area (Å²) in [4.78, 5) is 23.9. The number of urea groups is 1. The van der Waals surface area contributed by atoms with E-state index in [1.54, 1.807) is 24.2 Å². The van der Waals surface area contributed by atoms with Crippen molar-refractivity contribution >= 4 is 32.7 Å². The number of thiazole rings is 1. The minimum absolute atomic E-state index is 0.140. The monoisotopic (exact) mass is 430 g/mol. The van der Waals surface area contributed by atoms with E-state index in [9.17, 15) is 4.79 Å². The first kappa shape index (κ1) is 20.5. The maximum Gasteiger partial charge on any atom is 0.323 e. The van der Waals surface area contributed by atoms with Crippen LogP contribution in [-0.4, -0.2) is 63.6 Å². The van der Waals surface area contributed by atoms with Crippen molar-refractivity contribution in [2.45, 2.75) is 32.2 Å². The van der Waals surface area contributed by atoms with E-state index in [2.05, 4.69) is 20.4 Å². The van der Waals surface area contributed by atoms with Crippen molar-refractivity contribution in [3.63, 3.8) is 0 Å². The number of carbonyl (C=O) groups excluding carboxylic acids is 1. The van der Waals surface area contributed by atoms with Crippen LogP contribution in [0.15, 0.2) is 18.6 Å². The number of nitrogens with one attached hydrogen (secondary N) is 1. The predicted molar refractivity (Wildman–Crippen MR) is 116 cm³/mol. The molecule has 1 unspecified atom stereocenters. The van der Waals surface area contributed by atoms with Crippen LogP contribution >= 0.6 is 11.3 Å². The topological polar surface area (TPSA) is 94.4 Å². The van der Waals surface area contributed by atoms with Crippen molar-refractivity contribution in [3.8, 4) is 17.0 Å². The van der Waals surface area contributed by atoms with Gasteiger partial charge in [0.2, 0.25) is 5.88 Å². The number of fused-ring (bicyclic) bond motifs is 1. The Labute approximate surface area is 179 Å². The Morgan fingerprint density at radius 1 is 1.40 bits per heavy atom. The molecule has 3 aromatic rings. The summed E-state index contributed by atoms with van der Waals surface area (Å²) in [5, 5.41) is 7.75. The molecule has 30 heavy (non-hydrogen) atoms. The molecule has 1 atom stereocenters. The largest absolute Gasteiger partial charge is 0.479 e. The lowest BCUT2D eigenvalue weighted by molar-refractivity contribution is 0.135. The standard InChI is InChI=1S/C20H26N6O3S/c1-4-26(14-6-5-8-29-9-7-14)20(27)24-19-23-16-17(30-19)15(11-21-18(16)28-3)13-10-22-25(2)12-13/h10-12,14H,4-9H2,1-3H3,(H,23,24,27). The van der Waals surface area contributed by atoms with Gasteiger partial charge in [0.1, 0.15) is 5.52 Å². The van der Waals surface area contributed by atoms with Crippen molar-refractivity contribution in [2.24, 2.45) is 7.05 Å². The molecule has 1 fully saturated rings. The molecule has 0 aromatic carbocycles. The van der Waals surface area contributed by atoms with Crippen LogP contribution in [0.3, 0.4) is 0 Å². The third-order valence-corrected chi connectivity index (χ3v) is 6.28. The molecule has 0 spiro atoms. The summed E-state index contributed by atoms with van der Waals surface area (Å²) in [6, 6.07) is 0.0346. The molecule has 4 heterocycles. The van der Waals surface area contributed by atoms with Crippen LogP contribution < -0.4 is 10.1 Å². The van der Waals surface area contributed by atoms with Crippen LogP contribution in [0.2, 0.25) is 0 Å². The van der Waals surface area contributed by atoms with Crippen LogP contribution in [0.4, 0.5) is 9.93 Å². The molecule has 2 amide bonds. The van der Waals surface area contributed by atoms with E-state index in [-0.39, 0.29) is 12.1 Å². The van der Waals surface area contributed by atoms with Gasteiger partial charge in [0.15, 0.2) is 5.13 Å². The van der Waals surface area contributed by atoms with Gasteiger partial charge in [0.25, 0.3) is 0 Å². The molecule has 10 heteroatoms. The van der Waals surface area contributed by atoms with E-state index in [1.807, 2.05) is 25.1 Å². The molecule has 4 rings (SSSR count). The summed E-state index contributed by atoms with van der Waals surface area (Å²) in [6.07, 6.45) is 8.23. The number of nitrogens with zero attached hydrogens (tertiary/aromatic N) is 5. The van der Waals surface area contributed by atoms with Crippen molar-refractivity contribution in [2.75, 3.05) is 32.2 Å². The molecule has 0 saturated carbocycles. The van der Waals surface area contributed by atoms with Gasteiger partial charge < -0.3 is 14.4 Å². The van der Waals surface area contributed by atoms with Crippen molar-refractivity contribution < 1.29 is 14.3 Å². The molecule has 0 aliphatic carbocycles. The van der Waals surface area contributed by atoms with Crippen molar-refractivity contribution in [1.82, 2.24) is 24.6 Å². The second-order valence-electron chi connectivity index (χ2n) is 7.19. The SMILES string of the molecule is CCN(C(=O)Nc1nc2c(OC)ncc(-c3cnn(C)c3)c2s1)C1CCCOCC1. The summed E-state index contributed by atoms with van der Waals surface area (Å²) in [5.74, 6) is 0.433. The molecule has 1 aliphatic heterocycles. The van der Waals surface area contributed by atoms with E-state index < -0.39 is 0 Å². The number of pyridine rings is 1. The molecule has 0 bridgehead atoms. The van der Waals surface area contributed by atoms with Crippen molar-refractivity contribution in [1.29, 1.82) is 0 Å². The minimum Gasteiger partial charge on any atom is -0.479 e. The third-order valence-electron chi connectivity index (χ3n) is 5.27. The quantitative estimate of drug-likeness (QED) is 0.666. The Balaban J connectivity index is 1.63. The fourth-order valence-electron chi connectivity index (χ4n) is 3.79. The van der Waals surface area contributed by atoms with E-state index in [0.29, 0.717) is 29.7 Å². The van der Waals surface area contributed by atoms with Gasteiger partial charge in [-0.1, -0.05) is 11.3 Å². The van der Waals surface area contributed by atoms with Crippen LogP contribution in [0.5, 0.6) is 5.88 Å². The zero-order chi connectivity index (χ0) is 21.1. The average Bonchev–Trinajstić information content (AvgIpc) is 3.26. The number of aryl methyl sites for hydroxylation is 1. The Morgan fingerprint density at radius 2 is 2.27 bits per heavy atom. The lowest BCUT2D eigenvalue weighted by atomic mass is 10.1. The van der Waals surface area contributed by atoms with Gasteiger partial charge in [-0.15, -0.1) is 0 Å². The lowest BCUT2D eigenvalue weighted by Gasteiger charge is -2.29. The molecule has 3 aromatic heterocycles. The van der Waals surface area contributed by atoms with Gasteiger partial charge >= 0.3 is 6.03 Å². The maximum absolute atomic E-state index is 13.0. The van der Waals surface area contributed by atoms with Gasteiger partial charge in [-0.25, -0.2) is 14.8 Å². The highest BCUT2D eigenvalue weighted by atomic mass is 32.1. The zero-order valence-electron chi connectivity index (χ0n) is 17.4. The number of rotatable bonds is 5. The highest BCUT2D eigenvalue weighted by Gasteiger charge is 2.25. The Morgan fingerprint density at radius 3 is 3.00 bits per heavy atom. The highest BCUT2D eigenvalue weighted by molar-refractivity contribution is 7.23. The number of ether oxygens (including phenoxy) is 2. The highest BCUT2D eigenvalue weighted by Crippen LogP contribution is 2.38. The smallest absolute Gasteiger partial charge is 0.323 e. The fourth-order valence-corrected chi connectivity index (χ4v) is 4.77. The van der Waals surface area contributed by atoms with Gasteiger partial charge in [0, 0.05) is 56.4 Å².